The van der Waals surface area contributed by atoms with E-state index < -0.39 is 5.97 Å². The van der Waals surface area contributed by atoms with Gasteiger partial charge in [0, 0.05) is 4.88 Å². The van der Waals surface area contributed by atoms with Crippen LogP contribution in [0.3, 0.4) is 0 Å². The number of hydrogen-bond donors (Lipinski definition) is 0. The van der Waals surface area contributed by atoms with E-state index in [1.54, 1.807) is 6.08 Å². The number of esters is 1. The average Bonchev–Trinajstić information content (AvgIpc) is 2.67. The minimum absolute atomic E-state index is 0.118. The van der Waals surface area contributed by atoms with Crippen LogP contribution in [-0.4, -0.2) is 18.4 Å². The van der Waals surface area contributed by atoms with Crippen molar-refractivity contribution in [1.82, 2.24) is 0 Å². The van der Waals surface area contributed by atoms with Gasteiger partial charge in [-0.2, -0.15) is 0 Å². The Morgan fingerprint density at radius 3 is 2.71 bits per heavy atom. The highest BCUT2D eigenvalue weighted by Crippen LogP contribution is 2.22. The molecule has 3 nitrogen and oxygen atoms in total. The highest BCUT2D eigenvalue weighted by molar-refractivity contribution is 14.1. The molecule has 0 atom stereocenters. The minimum Gasteiger partial charge on any atom is -0.454 e. The highest BCUT2D eigenvalue weighted by atomic mass is 127. The van der Waals surface area contributed by atoms with Crippen LogP contribution < -0.4 is 0 Å². The summed E-state index contributed by atoms with van der Waals surface area (Å²) in [5.41, 5.74) is 0.156. The van der Waals surface area contributed by atoms with Crippen molar-refractivity contribution in [2.45, 2.75) is 0 Å². The molecule has 2 heterocycles. The second-order valence-electron chi connectivity index (χ2n) is 2.70. The number of carbonyl (C=O) groups excluding carboxylic acids is 2. The molecule has 1 aliphatic heterocycles. The van der Waals surface area contributed by atoms with Gasteiger partial charge in [0.05, 0.1) is 2.88 Å². The third-order valence-electron chi connectivity index (χ3n) is 1.74. The molecule has 1 saturated heterocycles. The molecule has 5 heteroatoms. The van der Waals surface area contributed by atoms with Gasteiger partial charge in [-0.3, -0.25) is 4.79 Å². The van der Waals surface area contributed by atoms with Crippen molar-refractivity contribution in [3.63, 3.8) is 0 Å². The highest BCUT2D eigenvalue weighted by Gasteiger charge is 2.27. The van der Waals surface area contributed by atoms with Gasteiger partial charge in [-0.1, -0.05) is 0 Å². The first-order valence-electron chi connectivity index (χ1n) is 3.84. The summed E-state index contributed by atoms with van der Waals surface area (Å²) in [7, 11) is 0. The van der Waals surface area contributed by atoms with E-state index >= 15 is 0 Å². The van der Waals surface area contributed by atoms with Crippen LogP contribution >= 0.6 is 33.9 Å². The Morgan fingerprint density at radius 2 is 2.21 bits per heavy atom. The summed E-state index contributed by atoms with van der Waals surface area (Å²) in [6.45, 7) is -0.118. The number of rotatable bonds is 1. The number of hydrogen-bond acceptors (Lipinski definition) is 4. The van der Waals surface area contributed by atoms with E-state index in [4.69, 9.17) is 0 Å². The number of Topliss-reactive ketones (excluding diaryl/α,β-unsaturated/α-hetero) is 1. The molecule has 1 aromatic rings. The monoisotopic (exact) mass is 320 g/mol. The van der Waals surface area contributed by atoms with Crippen molar-refractivity contribution in [3.05, 3.63) is 25.5 Å². The van der Waals surface area contributed by atoms with Gasteiger partial charge in [0.1, 0.15) is 5.57 Å². The molecular formula is C9H5IO3S. The summed E-state index contributed by atoms with van der Waals surface area (Å²) in [6.07, 6.45) is 1.59. The Hall–Kier alpha value is -0.690. The lowest BCUT2D eigenvalue weighted by atomic mass is 10.2. The SMILES string of the molecule is O=C1COC(=O)/C1=C/c1ccc(I)s1. The van der Waals surface area contributed by atoms with E-state index in [-0.39, 0.29) is 18.0 Å². The zero-order valence-electron chi connectivity index (χ0n) is 6.95. The molecule has 0 amide bonds. The lowest BCUT2D eigenvalue weighted by molar-refractivity contribution is -0.135. The molecule has 0 radical (unpaired) electrons. The summed E-state index contributed by atoms with van der Waals surface area (Å²) in [5, 5.41) is 0. The predicted molar refractivity (Wildman–Crippen MR) is 61.0 cm³/mol. The van der Waals surface area contributed by atoms with Gasteiger partial charge in [-0.15, -0.1) is 11.3 Å². The van der Waals surface area contributed by atoms with Gasteiger partial charge in [0.15, 0.2) is 6.61 Å². The molecule has 1 aliphatic rings. The Kier molecular flexibility index (Phi) is 2.69. The molecule has 0 unspecified atom stereocenters. The van der Waals surface area contributed by atoms with E-state index in [2.05, 4.69) is 27.3 Å². The predicted octanol–water partition coefficient (Wildman–Crippen LogP) is 1.86. The van der Waals surface area contributed by atoms with Crippen molar-refractivity contribution in [1.29, 1.82) is 0 Å². The van der Waals surface area contributed by atoms with E-state index in [0.717, 1.165) is 7.76 Å². The number of cyclic esters (lactones) is 1. The molecule has 1 aromatic heterocycles. The molecule has 0 saturated carbocycles. The molecule has 0 aliphatic carbocycles. The molecule has 2 rings (SSSR count). The number of halogens is 1. The molecule has 0 aromatic carbocycles. The second kappa shape index (κ2) is 3.82. The molecular weight excluding hydrogens is 315 g/mol. The molecule has 0 spiro atoms. The fourth-order valence-corrected chi connectivity index (χ4v) is 2.70. The maximum absolute atomic E-state index is 11.2. The van der Waals surface area contributed by atoms with Crippen LogP contribution in [0.15, 0.2) is 17.7 Å². The van der Waals surface area contributed by atoms with Gasteiger partial charge in [-0.05, 0) is 40.8 Å². The van der Waals surface area contributed by atoms with Crippen LogP contribution in [0.2, 0.25) is 0 Å². The number of carbonyl (C=O) groups is 2. The van der Waals surface area contributed by atoms with Crippen molar-refractivity contribution >= 4 is 51.8 Å². The summed E-state index contributed by atoms with van der Waals surface area (Å²) < 4.78 is 5.72. The molecule has 0 bridgehead atoms. The van der Waals surface area contributed by atoms with Gasteiger partial charge in [-0.25, -0.2) is 4.79 Å². The molecule has 1 fully saturated rings. The first-order chi connectivity index (χ1) is 6.66. The largest absolute Gasteiger partial charge is 0.454 e. The number of thiophene rings is 1. The van der Waals surface area contributed by atoms with Crippen LogP contribution in [0.5, 0.6) is 0 Å². The van der Waals surface area contributed by atoms with Crippen LogP contribution in [0.1, 0.15) is 4.88 Å². The first-order valence-corrected chi connectivity index (χ1v) is 5.74. The van der Waals surface area contributed by atoms with Gasteiger partial charge < -0.3 is 4.74 Å². The number of ether oxygens (including phenoxy) is 1. The van der Waals surface area contributed by atoms with Crippen LogP contribution in [0, 0.1) is 2.88 Å². The Balaban J connectivity index is 2.34. The maximum atomic E-state index is 11.2. The van der Waals surface area contributed by atoms with Crippen molar-refractivity contribution < 1.29 is 14.3 Å². The van der Waals surface area contributed by atoms with Crippen LogP contribution in [0.25, 0.3) is 6.08 Å². The normalized spacial score (nSPS) is 19.1. The standard InChI is InChI=1S/C9H5IO3S/c10-8-2-1-5(14-8)3-6-7(11)4-13-9(6)12/h1-3H,4H2/b6-3+. The first kappa shape index (κ1) is 9.85. The quantitative estimate of drug-likeness (QED) is 0.343. The number of ketones is 1. The van der Waals surface area contributed by atoms with Crippen molar-refractivity contribution in [2.24, 2.45) is 0 Å². The van der Waals surface area contributed by atoms with Crippen molar-refractivity contribution in [2.75, 3.05) is 6.61 Å². The maximum Gasteiger partial charge on any atom is 0.342 e. The van der Waals surface area contributed by atoms with Crippen molar-refractivity contribution in [3.8, 4) is 0 Å². The van der Waals surface area contributed by atoms with E-state index in [9.17, 15) is 9.59 Å². The lowest BCUT2D eigenvalue weighted by Gasteiger charge is -1.87. The van der Waals surface area contributed by atoms with E-state index in [1.165, 1.54) is 11.3 Å². The molecule has 14 heavy (non-hydrogen) atoms. The average molecular weight is 320 g/mol. The van der Waals surface area contributed by atoms with Gasteiger partial charge >= 0.3 is 5.97 Å². The van der Waals surface area contributed by atoms with Crippen LogP contribution in [0.4, 0.5) is 0 Å². The Morgan fingerprint density at radius 1 is 1.43 bits per heavy atom. The summed E-state index contributed by atoms with van der Waals surface area (Å²) in [5.74, 6) is -0.753. The second-order valence-corrected chi connectivity index (χ2v) is 5.71. The molecule has 0 N–H and O–H groups in total. The fraction of sp³-hybridized carbons (Fsp3) is 0.111. The Labute approximate surface area is 97.9 Å². The smallest absolute Gasteiger partial charge is 0.342 e. The lowest BCUT2D eigenvalue weighted by Crippen LogP contribution is -1.99. The van der Waals surface area contributed by atoms with Gasteiger partial charge in [0.2, 0.25) is 5.78 Å². The summed E-state index contributed by atoms with van der Waals surface area (Å²) in [4.78, 5) is 23.2. The zero-order valence-corrected chi connectivity index (χ0v) is 9.92. The van der Waals surface area contributed by atoms with Crippen LogP contribution in [-0.2, 0) is 14.3 Å². The fourth-order valence-electron chi connectivity index (χ4n) is 1.09. The Bertz CT molecular complexity index is 415. The summed E-state index contributed by atoms with van der Waals surface area (Å²) >= 11 is 3.71. The van der Waals surface area contributed by atoms with Gasteiger partial charge in [0.25, 0.3) is 0 Å². The summed E-state index contributed by atoms with van der Waals surface area (Å²) in [6, 6.07) is 3.81. The van der Waals surface area contributed by atoms with E-state index in [1.807, 2.05) is 12.1 Å². The minimum atomic E-state index is -0.515. The molecule has 72 valence electrons. The topological polar surface area (TPSA) is 43.4 Å². The third-order valence-corrected chi connectivity index (χ3v) is 3.58. The van der Waals surface area contributed by atoms with E-state index in [0.29, 0.717) is 0 Å². The third kappa shape index (κ3) is 1.88. The zero-order chi connectivity index (χ0) is 10.1.